The summed E-state index contributed by atoms with van der Waals surface area (Å²) < 4.78 is 5.31. The van der Waals surface area contributed by atoms with Crippen LogP contribution in [0.4, 0.5) is 11.4 Å². The maximum Gasteiger partial charge on any atom is 0.294 e. The summed E-state index contributed by atoms with van der Waals surface area (Å²) in [7, 11) is 0. The minimum atomic E-state index is -0.255. The molecule has 1 aliphatic rings. The number of carbonyl (C=O) groups is 2. The average molecular weight is 385 g/mol. The number of anilines is 2. The first-order valence-electron chi connectivity index (χ1n) is 9.29. The molecule has 0 fully saturated rings. The molecule has 0 saturated carbocycles. The Kier molecular flexibility index (Phi) is 4.65. The first-order chi connectivity index (χ1) is 14.0. The zero-order valence-electron chi connectivity index (χ0n) is 16.1. The fourth-order valence-electron chi connectivity index (χ4n) is 3.78. The summed E-state index contributed by atoms with van der Waals surface area (Å²) >= 11 is 0. The molecule has 2 amide bonds. The molecule has 4 rings (SSSR count). The molecule has 0 N–H and O–H groups in total. The third-order valence-electron chi connectivity index (χ3n) is 5.05. The minimum absolute atomic E-state index is 0.0805. The van der Waals surface area contributed by atoms with Crippen LogP contribution in [-0.4, -0.2) is 24.4 Å². The third-order valence-corrected chi connectivity index (χ3v) is 5.05. The van der Waals surface area contributed by atoms with Gasteiger partial charge in [0.15, 0.2) is 5.76 Å². The number of hydrogen-bond acceptors (Lipinski definition) is 4. The number of rotatable bonds is 2. The van der Waals surface area contributed by atoms with Gasteiger partial charge in [0.25, 0.3) is 5.91 Å². The molecule has 1 atom stereocenters. The SMILES string of the molecule is CC(=O)N1c2ccc(-c3cccc(C#N)c3)cc2N(C(=O)c2ccco2)CC1C. The number of benzene rings is 2. The zero-order chi connectivity index (χ0) is 20.5. The lowest BCUT2D eigenvalue weighted by Crippen LogP contribution is -2.51. The van der Waals surface area contributed by atoms with Gasteiger partial charge >= 0.3 is 0 Å². The van der Waals surface area contributed by atoms with Gasteiger partial charge in [-0.3, -0.25) is 9.59 Å². The summed E-state index contributed by atoms with van der Waals surface area (Å²) in [5, 5.41) is 9.19. The van der Waals surface area contributed by atoms with E-state index >= 15 is 0 Å². The Morgan fingerprint density at radius 1 is 1.07 bits per heavy atom. The van der Waals surface area contributed by atoms with Gasteiger partial charge < -0.3 is 14.2 Å². The van der Waals surface area contributed by atoms with Crippen molar-refractivity contribution in [2.24, 2.45) is 0 Å². The number of hydrogen-bond donors (Lipinski definition) is 0. The van der Waals surface area contributed by atoms with Crippen LogP contribution in [0, 0.1) is 11.3 Å². The predicted molar refractivity (Wildman–Crippen MR) is 110 cm³/mol. The van der Waals surface area contributed by atoms with Crippen LogP contribution in [0.15, 0.2) is 65.3 Å². The summed E-state index contributed by atoms with van der Waals surface area (Å²) in [6.45, 7) is 3.79. The molecule has 144 valence electrons. The lowest BCUT2D eigenvalue weighted by Gasteiger charge is -2.40. The highest BCUT2D eigenvalue weighted by Gasteiger charge is 2.34. The highest BCUT2D eigenvalue weighted by molar-refractivity contribution is 6.10. The van der Waals surface area contributed by atoms with Gasteiger partial charge in [-0.25, -0.2) is 0 Å². The Bertz CT molecular complexity index is 1130. The van der Waals surface area contributed by atoms with Crippen LogP contribution in [0.1, 0.15) is 30.0 Å². The topological polar surface area (TPSA) is 77.5 Å². The normalized spacial score (nSPS) is 15.6. The third kappa shape index (κ3) is 3.27. The minimum Gasteiger partial charge on any atom is -0.459 e. The quantitative estimate of drug-likeness (QED) is 0.662. The summed E-state index contributed by atoms with van der Waals surface area (Å²) in [4.78, 5) is 28.7. The summed E-state index contributed by atoms with van der Waals surface area (Å²) in [6, 6.07) is 18.2. The van der Waals surface area contributed by atoms with Crippen LogP contribution in [0.5, 0.6) is 0 Å². The molecule has 29 heavy (non-hydrogen) atoms. The first kappa shape index (κ1) is 18.5. The van der Waals surface area contributed by atoms with Gasteiger partial charge in [0.1, 0.15) is 0 Å². The van der Waals surface area contributed by atoms with E-state index in [4.69, 9.17) is 4.42 Å². The van der Waals surface area contributed by atoms with Crippen molar-refractivity contribution < 1.29 is 14.0 Å². The van der Waals surface area contributed by atoms with Crippen LogP contribution in [0.3, 0.4) is 0 Å². The Hall–Kier alpha value is -3.85. The highest BCUT2D eigenvalue weighted by atomic mass is 16.3. The van der Waals surface area contributed by atoms with E-state index in [9.17, 15) is 14.9 Å². The van der Waals surface area contributed by atoms with Crippen molar-refractivity contribution in [2.75, 3.05) is 16.3 Å². The molecule has 0 radical (unpaired) electrons. The van der Waals surface area contributed by atoms with E-state index in [2.05, 4.69) is 6.07 Å². The second kappa shape index (κ2) is 7.28. The molecule has 1 aromatic heterocycles. The Morgan fingerprint density at radius 2 is 1.86 bits per heavy atom. The summed E-state index contributed by atoms with van der Waals surface area (Å²) in [5.74, 6) is -0.0893. The molecule has 3 aromatic rings. The van der Waals surface area contributed by atoms with Crippen LogP contribution < -0.4 is 9.80 Å². The molecule has 6 heteroatoms. The van der Waals surface area contributed by atoms with Crippen molar-refractivity contribution in [1.82, 2.24) is 0 Å². The van der Waals surface area contributed by atoms with Crippen molar-refractivity contribution in [3.8, 4) is 17.2 Å². The number of furan rings is 1. The average Bonchev–Trinajstić information content (AvgIpc) is 3.27. The van der Waals surface area contributed by atoms with Crippen LogP contribution >= 0.6 is 0 Å². The first-order valence-corrected chi connectivity index (χ1v) is 9.29. The Labute approximate surface area is 168 Å². The second-order valence-corrected chi connectivity index (χ2v) is 7.03. The number of amides is 2. The van der Waals surface area contributed by atoms with Crippen molar-refractivity contribution in [1.29, 1.82) is 5.26 Å². The number of nitriles is 1. The van der Waals surface area contributed by atoms with Crippen LogP contribution in [0.2, 0.25) is 0 Å². The molecule has 0 aliphatic carbocycles. The molecule has 1 unspecified atom stereocenters. The molecule has 0 spiro atoms. The predicted octanol–water partition coefficient (Wildman–Crippen LogP) is 4.22. The molecule has 2 aromatic carbocycles. The van der Waals surface area contributed by atoms with E-state index in [-0.39, 0.29) is 23.6 Å². The molecule has 2 heterocycles. The molecule has 0 saturated heterocycles. The van der Waals surface area contributed by atoms with Gasteiger partial charge in [0.05, 0.1) is 35.3 Å². The largest absolute Gasteiger partial charge is 0.459 e. The molecular formula is C23H19N3O3. The smallest absolute Gasteiger partial charge is 0.294 e. The fourth-order valence-corrected chi connectivity index (χ4v) is 3.78. The monoisotopic (exact) mass is 385 g/mol. The van der Waals surface area contributed by atoms with Gasteiger partial charge in [-0.15, -0.1) is 0 Å². The second-order valence-electron chi connectivity index (χ2n) is 7.03. The van der Waals surface area contributed by atoms with Crippen molar-refractivity contribution in [3.63, 3.8) is 0 Å². The van der Waals surface area contributed by atoms with Gasteiger partial charge in [0.2, 0.25) is 5.91 Å². The maximum absolute atomic E-state index is 13.1. The summed E-state index contributed by atoms with van der Waals surface area (Å²) in [5.41, 5.74) is 3.60. The van der Waals surface area contributed by atoms with E-state index < -0.39 is 0 Å². The van der Waals surface area contributed by atoms with Crippen LogP contribution in [0.25, 0.3) is 11.1 Å². The van der Waals surface area contributed by atoms with Gasteiger partial charge in [-0.05, 0) is 54.4 Å². The van der Waals surface area contributed by atoms with E-state index in [1.165, 1.54) is 13.2 Å². The van der Waals surface area contributed by atoms with E-state index in [0.717, 1.165) is 11.1 Å². The lowest BCUT2D eigenvalue weighted by atomic mass is 9.99. The van der Waals surface area contributed by atoms with Crippen molar-refractivity contribution >= 4 is 23.2 Å². The van der Waals surface area contributed by atoms with E-state index in [0.29, 0.717) is 23.5 Å². The van der Waals surface area contributed by atoms with E-state index in [1.54, 1.807) is 34.1 Å². The van der Waals surface area contributed by atoms with Gasteiger partial charge in [-0.1, -0.05) is 18.2 Å². The van der Waals surface area contributed by atoms with Crippen LogP contribution in [-0.2, 0) is 4.79 Å². The van der Waals surface area contributed by atoms with Crippen molar-refractivity contribution in [3.05, 3.63) is 72.2 Å². The Balaban J connectivity index is 1.86. The zero-order valence-corrected chi connectivity index (χ0v) is 16.1. The van der Waals surface area contributed by atoms with Crippen molar-refractivity contribution in [2.45, 2.75) is 19.9 Å². The lowest BCUT2D eigenvalue weighted by molar-refractivity contribution is -0.117. The maximum atomic E-state index is 13.1. The van der Waals surface area contributed by atoms with Gasteiger partial charge in [0, 0.05) is 13.5 Å². The highest BCUT2D eigenvalue weighted by Crippen LogP contribution is 2.39. The molecule has 0 bridgehead atoms. The van der Waals surface area contributed by atoms with E-state index in [1.807, 2.05) is 37.3 Å². The summed E-state index contributed by atoms with van der Waals surface area (Å²) in [6.07, 6.45) is 1.47. The standard InChI is InChI=1S/C23H19N3O3/c1-15-14-25(23(28)22-7-4-10-29-22)21-12-19(8-9-20(21)26(15)16(2)27)18-6-3-5-17(11-18)13-24/h3-12,15H,14H2,1-2H3. The molecule has 1 aliphatic heterocycles. The number of nitrogens with zero attached hydrogens (tertiary/aromatic N) is 3. The molecule has 6 nitrogen and oxygen atoms in total. The fraction of sp³-hybridized carbons (Fsp3) is 0.174. The number of fused-ring (bicyclic) bond motifs is 1. The van der Waals surface area contributed by atoms with Gasteiger partial charge in [-0.2, -0.15) is 5.26 Å². The molecular weight excluding hydrogens is 366 g/mol. The number of carbonyl (C=O) groups excluding carboxylic acids is 2. The Morgan fingerprint density at radius 3 is 2.55 bits per heavy atom.